The summed E-state index contributed by atoms with van der Waals surface area (Å²) in [6.07, 6.45) is 4.48. The Bertz CT molecular complexity index is 442. The summed E-state index contributed by atoms with van der Waals surface area (Å²) in [7, 11) is 0. The summed E-state index contributed by atoms with van der Waals surface area (Å²) < 4.78 is 0. The van der Waals surface area contributed by atoms with Crippen LogP contribution in [0.4, 0.5) is 0 Å². The molecule has 0 aliphatic carbocycles. The average Bonchev–Trinajstić information content (AvgIpc) is 2.92. The Morgan fingerprint density at radius 3 is 2.95 bits per heavy atom. The van der Waals surface area contributed by atoms with E-state index in [1.54, 1.807) is 0 Å². The number of rotatable bonds is 3. The Kier molecular flexibility index (Phi) is 5.27. The lowest BCUT2D eigenvalue weighted by Gasteiger charge is -2.29. The standard InChI is InChI=1S/C16H25N3OS/c20-16(15-6-1-2-7-17-15)19-9-4-8-18(10-11-19)13-14-5-3-12-21-14/h3,5,12,15,17H,1-2,4,6-11,13H2/t15-/m1/s1. The van der Waals surface area contributed by atoms with Crippen molar-refractivity contribution in [3.63, 3.8) is 0 Å². The molecule has 1 aromatic heterocycles. The highest BCUT2D eigenvalue weighted by atomic mass is 32.1. The van der Waals surface area contributed by atoms with E-state index in [1.165, 1.54) is 17.7 Å². The highest BCUT2D eigenvalue weighted by Gasteiger charge is 2.27. The molecule has 1 N–H and O–H groups in total. The van der Waals surface area contributed by atoms with Crippen LogP contribution in [-0.4, -0.2) is 54.5 Å². The molecule has 1 aromatic rings. The van der Waals surface area contributed by atoms with Crippen molar-refractivity contribution in [1.29, 1.82) is 0 Å². The third-order valence-corrected chi connectivity index (χ3v) is 5.33. The molecule has 0 unspecified atom stereocenters. The van der Waals surface area contributed by atoms with Gasteiger partial charge in [0.05, 0.1) is 6.04 Å². The highest BCUT2D eigenvalue weighted by Crippen LogP contribution is 2.15. The highest BCUT2D eigenvalue weighted by molar-refractivity contribution is 7.09. The summed E-state index contributed by atoms with van der Waals surface area (Å²) in [5, 5.41) is 5.52. The fourth-order valence-corrected chi connectivity index (χ4v) is 4.00. The number of carbonyl (C=O) groups is 1. The van der Waals surface area contributed by atoms with E-state index >= 15 is 0 Å². The number of amides is 1. The predicted octanol–water partition coefficient (Wildman–Crippen LogP) is 1.92. The van der Waals surface area contributed by atoms with Gasteiger partial charge in [0.2, 0.25) is 5.91 Å². The normalized spacial score (nSPS) is 24.8. The maximum absolute atomic E-state index is 12.6. The van der Waals surface area contributed by atoms with Gasteiger partial charge in [-0.3, -0.25) is 9.69 Å². The van der Waals surface area contributed by atoms with Gasteiger partial charge in [0, 0.05) is 37.6 Å². The fourth-order valence-electron chi connectivity index (χ4n) is 3.26. The molecule has 1 atom stereocenters. The van der Waals surface area contributed by atoms with Gasteiger partial charge in [0.25, 0.3) is 0 Å². The molecule has 2 aliphatic heterocycles. The summed E-state index contributed by atoms with van der Waals surface area (Å²) in [6.45, 7) is 5.91. The molecule has 3 heterocycles. The zero-order valence-electron chi connectivity index (χ0n) is 12.6. The Labute approximate surface area is 131 Å². The number of nitrogens with one attached hydrogen (secondary N) is 1. The third-order valence-electron chi connectivity index (χ3n) is 4.47. The van der Waals surface area contributed by atoms with Gasteiger partial charge in [-0.2, -0.15) is 0 Å². The van der Waals surface area contributed by atoms with E-state index in [0.717, 1.165) is 52.1 Å². The van der Waals surface area contributed by atoms with Crippen LogP contribution in [0.2, 0.25) is 0 Å². The monoisotopic (exact) mass is 307 g/mol. The Balaban J connectivity index is 1.51. The summed E-state index contributed by atoms with van der Waals surface area (Å²) in [5.74, 6) is 0.327. The smallest absolute Gasteiger partial charge is 0.239 e. The molecular weight excluding hydrogens is 282 g/mol. The number of hydrogen-bond acceptors (Lipinski definition) is 4. The van der Waals surface area contributed by atoms with Crippen LogP contribution in [0.15, 0.2) is 17.5 Å². The van der Waals surface area contributed by atoms with Crippen LogP contribution in [0.5, 0.6) is 0 Å². The fraction of sp³-hybridized carbons (Fsp3) is 0.688. The van der Waals surface area contributed by atoms with E-state index in [1.807, 2.05) is 11.3 Å². The Morgan fingerprint density at radius 1 is 1.24 bits per heavy atom. The minimum Gasteiger partial charge on any atom is -0.340 e. The molecule has 0 spiro atoms. The van der Waals surface area contributed by atoms with Crippen LogP contribution in [0.1, 0.15) is 30.6 Å². The van der Waals surface area contributed by atoms with Gasteiger partial charge in [-0.1, -0.05) is 12.5 Å². The second kappa shape index (κ2) is 7.38. The van der Waals surface area contributed by atoms with Gasteiger partial charge in [-0.05, 0) is 37.3 Å². The first-order chi connectivity index (χ1) is 10.3. The first kappa shape index (κ1) is 15.0. The zero-order valence-corrected chi connectivity index (χ0v) is 13.4. The van der Waals surface area contributed by atoms with E-state index in [2.05, 4.69) is 32.6 Å². The van der Waals surface area contributed by atoms with Gasteiger partial charge in [0.1, 0.15) is 0 Å². The van der Waals surface area contributed by atoms with Crippen LogP contribution in [-0.2, 0) is 11.3 Å². The number of piperidine rings is 1. The number of thiophene rings is 1. The van der Waals surface area contributed by atoms with Crippen LogP contribution in [0, 0.1) is 0 Å². The second-order valence-electron chi connectivity index (χ2n) is 6.04. The summed E-state index contributed by atoms with van der Waals surface area (Å²) >= 11 is 1.82. The maximum Gasteiger partial charge on any atom is 0.239 e. The van der Waals surface area contributed by atoms with Crippen molar-refractivity contribution in [2.24, 2.45) is 0 Å². The first-order valence-corrected chi connectivity index (χ1v) is 8.98. The molecular formula is C16H25N3OS. The minimum atomic E-state index is 0.0718. The van der Waals surface area contributed by atoms with Crippen molar-refractivity contribution in [1.82, 2.24) is 15.1 Å². The lowest BCUT2D eigenvalue weighted by Crippen LogP contribution is -2.49. The Hall–Kier alpha value is -0.910. The average molecular weight is 307 g/mol. The number of hydrogen-bond donors (Lipinski definition) is 1. The molecule has 2 saturated heterocycles. The molecule has 5 heteroatoms. The van der Waals surface area contributed by atoms with Crippen LogP contribution in [0.25, 0.3) is 0 Å². The van der Waals surface area contributed by atoms with Crippen molar-refractivity contribution >= 4 is 17.2 Å². The van der Waals surface area contributed by atoms with Crippen LogP contribution >= 0.6 is 11.3 Å². The molecule has 2 aliphatic rings. The van der Waals surface area contributed by atoms with E-state index in [9.17, 15) is 4.79 Å². The molecule has 21 heavy (non-hydrogen) atoms. The molecule has 2 fully saturated rings. The van der Waals surface area contributed by atoms with Crippen molar-refractivity contribution < 1.29 is 4.79 Å². The first-order valence-electron chi connectivity index (χ1n) is 8.10. The number of carbonyl (C=O) groups excluding carboxylic acids is 1. The predicted molar refractivity (Wildman–Crippen MR) is 86.4 cm³/mol. The maximum atomic E-state index is 12.6. The molecule has 0 saturated carbocycles. The van der Waals surface area contributed by atoms with Gasteiger partial charge >= 0.3 is 0 Å². The van der Waals surface area contributed by atoms with Crippen molar-refractivity contribution in [3.05, 3.63) is 22.4 Å². The molecule has 0 radical (unpaired) electrons. The SMILES string of the molecule is O=C([C@H]1CCCCN1)N1CCCN(Cc2cccs2)CC1. The molecule has 0 bridgehead atoms. The molecule has 116 valence electrons. The molecule has 1 amide bonds. The summed E-state index contributed by atoms with van der Waals surface area (Å²) in [5.41, 5.74) is 0. The van der Waals surface area contributed by atoms with E-state index in [0.29, 0.717) is 5.91 Å². The largest absolute Gasteiger partial charge is 0.340 e. The zero-order chi connectivity index (χ0) is 14.5. The van der Waals surface area contributed by atoms with Crippen molar-refractivity contribution in [2.75, 3.05) is 32.7 Å². The summed E-state index contributed by atoms with van der Waals surface area (Å²) in [6, 6.07) is 4.38. The van der Waals surface area contributed by atoms with Crippen molar-refractivity contribution in [2.45, 2.75) is 38.3 Å². The van der Waals surface area contributed by atoms with Gasteiger partial charge in [-0.15, -0.1) is 11.3 Å². The minimum absolute atomic E-state index is 0.0718. The topological polar surface area (TPSA) is 35.6 Å². The van der Waals surface area contributed by atoms with Crippen molar-refractivity contribution in [3.8, 4) is 0 Å². The van der Waals surface area contributed by atoms with Gasteiger partial charge in [0.15, 0.2) is 0 Å². The van der Waals surface area contributed by atoms with Gasteiger partial charge in [-0.25, -0.2) is 0 Å². The van der Waals surface area contributed by atoms with E-state index in [-0.39, 0.29) is 6.04 Å². The molecule has 3 rings (SSSR count). The third kappa shape index (κ3) is 4.05. The Morgan fingerprint density at radius 2 is 2.19 bits per heavy atom. The van der Waals surface area contributed by atoms with Crippen LogP contribution in [0.3, 0.4) is 0 Å². The summed E-state index contributed by atoms with van der Waals surface area (Å²) in [4.78, 5) is 18.6. The van der Waals surface area contributed by atoms with E-state index < -0.39 is 0 Å². The molecule has 4 nitrogen and oxygen atoms in total. The quantitative estimate of drug-likeness (QED) is 0.927. The van der Waals surface area contributed by atoms with E-state index in [4.69, 9.17) is 0 Å². The van der Waals surface area contributed by atoms with Gasteiger partial charge < -0.3 is 10.2 Å². The van der Waals surface area contributed by atoms with Crippen LogP contribution < -0.4 is 5.32 Å². The number of nitrogens with zero attached hydrogens (tertiary/aromatic N) is 2. The second-order valence-corrected chi connectivity index (χ2v) is 7.07. The lowest BCUT2D eigenvalue weighted by molar-refractivity contribution is -0.133. The lowest BCUT2D eigenvalue weighted by atomic mass is 10.0. The molecule has 0 aromatic carbocycles.